The first-order chi connectivity index (χ1) is 10.2. The van der Waals surface area contributed by atoms with Gasteiger partial charge in [-0.2, -0.15) is 15.0 Å². The van der Waals surface area contributed by atoms with Gasteiger partial charge in [-0.3, -0.25) is 4.57 Å². The minimum atomic E-state index is -0.363. The van der Waals surface area contributed by atoms with Gasteiger partial charge in [-0.1, -0.05) is 19.3 Å². The lowest BCUT2D eigenvalue weighted by Gasteiger charge is -2.36. The molecule has 0 amide bonds. The number of hydrogen-bond donors (Lipinski definition) is 3. The molecule has 1 aliphatic rings. The molecule has 1 aliphatic carbocycles. The molecule has 112 valence electrons. The van der Waals surface area contributed by atoms with E-state index in [4.69, 9.17) is 5.73 Å². The zero-order chi connectivity index (χ0) is 14.7. The molecule has 0 aromatic carbocycles. The molecule has 0 aliphatic heterocycles. The summed E-state index contributed by atoms with van der Waals surface area (Å²) < 4.78 is 1.66. The predicted octanol–water partition coefficient (Wildman–Crippen LogP) is 0.747. The van der Waals surface area contributed by atoms with Crippen molar-refractivity contribution in [3.8, 4) is 5.95 Å². The van der Waals surface area contributed by atoms with Gasteiger partial charge in [-0.25, -0.2) is 4.98 Å². The van der Waals surface area contributed by atoms with Gasteiger partial charge >= 0.3 is 0 Å². The summed E-state index contributed by atoms with van der Waals surface area (Å²) in [4.78, 5) is 16.6. The van der Waals surface area contributed by atoms with Gasteiger partial charge < -0.3 is 16.2 Å². The number of nitrogen functional groups attached to an aromatic ring is 1. The van der Waals surface area contributed by atoms with E-state index in [1.54, 1.807) is 23.3 Å². The third-order valence-corrected chi connectivity index (χ3v) is 3.87. The van der Waals surface area contributed by atoms with Gasteiger partial charge in [-0.05, 0) is 12.8 Å². The van der Waals surface area contributed by atoms with E-state index in [2.05, 4.69) is 25.3 Å². The Labute approximate surface area is 122 Å². The molecule has 0 atom stereocenters. The molecule has 0 saturated heterocycles. The minimum Gasteiger partial charge on any atom is -0.394 e. The number of rotatable bonds is 4. The summed E-state index contributed by atoms with van der Waals surface area (Å²) in [5.41, 5.74) is 5.39. The fourth-order valence-corrected chi connectivity index (χ4v) is 2.72. The molecule has 1 saturated carbocycles. The number of aromatic nitrogens is 5. The molecule has 2 aromatic heterocycles. The molecule has 2 heterocycles. The standard InChI is InChI=1S/C13H19N7O/c14-10-16-11(18-12(17-10)20-7-6-15-9-20)19-13(8-21)4-2-1-3-5-13/h6-7,9,21H,1-5,8H2,(H3,14,16,17,18,19). The molecule has 8 heteroatoms. The second-order valence-electron chi connectivity index (χ2n) is 5.41. The van der Waals surface area contributed by atoms with E-state index in [1.165, 1.54) is 6.42 Å². The van der Waals surface area contributed by atoms with Crippen LogP contribution in [0, 0.1) is 0 Å². The van der Waals surface area contributed by atoms with Crippen molar-refractivity contribution in [2.75, 3.05) is 17.7 Å². The van der Waals surface area contributed by atoms with Crippen LogP contribution < -0.4 is 11.1 Å². The maximum absolute atomic E-state index is 9.75. The van der Waals surface area contributed by atoms with Gasteiger partial charge in [0.05, 0.1) is 12.1 Å². The smallest absolute Gasteiger partial charge is 0.241 e. The lowest BCUT2D eigenvalue weighted by atomic mass is 9.82. The van der Waals surface area contributed by atoms with Crippen molar-refractivity contribution in [2.24, 2.45) is 0 Å². The van der Waals surface area contributed by atoms with Gasteiger partial charge in [0.25, 0.3) is 0 Å². The quantitative estimate of drug-likeness (QED) is 0.760. The lowest BCUT2D eigenvalue weighted by molar-refractivity contribution is 0.172. The van der Waals surface area contributed by atoms with Crippen LogP contribution in [0.15, 0.2) is 18.7 Å². The van der Waals surface area contributed by atoms with Crippen LogP contribution in [-0.4, -0.2) is 41.8 Å². The fourth-order valence-electron chi connectivity index (χ4n) is 2.72. The van der Waals surface area contributed by atoms with E-state index >= 15 is 0 Å². The van der Waals surface area contributed by atoms with Crippen LogP contribution in [0.5, 0.6) is 0 Å². The van der Waals surface area contributed by atoms with E-state index in [0.29, 0.717) is 11.9 Å². The minimum absolute atomic E-state index is 0.0546. The zero-order valence-corrected chi connectivity index (χ0v) is 11.7. The SMILES string of the molecule is Nc1nc(NC2(CO)CCCCC2)nc(-n2ccnc2)n1. The number of nitrogens with two attached hydrogens (primary N) is 1. The zero-order valence-electron chi connectivity index (χ0n) is 11.7. The van der Waals surface area contributed by atoms with Crippen LogP contribution in [0.3, 0.4) is 0 Å². The number of imidazole rings is 1. The first-order valence-electron chi connectivity index (χ1n) is 7.10. The highest BCUT2D eigenvalue weighted by molar-refractivity contribution is 5.37. The monoisotopic (exact) mass is 289 g/mol. The van der Waals surface area contributed by atoms with E-state index in [-0.39, 0.29) is 18.1 Å². The Hall–Kier alpha value is -2.22. The highest BCUT2D eigenvalue weighted by Crippen LogP contribution is 2.30. The van der Waals surface area contributed by atoms with Crippen LogP contribution in [0.25, 0.3) is 5.95 Å². The Balaban J connectivity index is 1.88. The van der Waals surface area contributed by atoms with Crippen molar-refractivity contribution in [1.82, 2.24) is 24.5 Å². The third-order valence-electron chi connectivity index (χ3n) is 3.87. The van der Waals surface area contributed by atoms with Crippen molar-refractivity contribution < 1.29 is 5.11 Å². The van der Waals surface area contributed by atoms with Crippen molar-refractivity contribution in [2.45, 2.75) is 37.6 Å². The molecule has 1 fully saturated rings. The Morgan fingerprint density at radius 2 is 2.05 bits per heavy atom. The van der Waals surface area contributed by atoms with Gasteiger partial charge in [-0.15, -0.1) is 0 Å². The van der Waals surface area contributed by atoms with Gasteiger partial charge in [0.2, 0.25) is 17.8 Å². The molecule has 3 rings (SSSR count). The molecule has 21 heavy (non-hydrogen) atoms. The molecule has 0 unspecified atom stereocenters. The average molecular weight is 289 g/mol. The first kappa shape index (κ1) is 13.7. The molecule has 2 aromatic rings. The maximum atomic E-state index is 9.75. The van der Waals surface area contributed by atoms with Crippen molar-refractivity contribution in [3.05, 3.63) is 18.7 Å². The number of hydrogen-bond acceptors (Lipinski definition) is 7. The average Bonchev–Trinajstić information content (AvgIpc) is 3.02. The van der Waals surface area contributed by atoms with Crippen molar-refractivity contribution >= 4 is 11.9 Å². The Kier molecular flexibility index (Phi) is 3.70. The number of nitrogens with one attached hydrogen (secondary N) is 1. The van der Waals surface area contributed by atoms with E-state index < -0.39 is 0 Å². The van der Waals surface area contributed by atoms with Gasteiger partial charge in [0, 0.05) is 12.4 Å². The number of aliphatic hydroxyl groups excluding tert-OH is 1. The largest absolute Gasteiger partial charge is 0.394 e. The summed E-state index contributed by atoms with van der Waals surface area (Å²) in [5, 5.41) is 13.0. The normalized spacial score (nSPS) is 17.6. The highest BCUT2D eigenvalue weighted by atomic mass is 16.3. The van der Waals surface area contributed by atoms with Crippen LogP contribution in [0.2, 0.25) is 0 Å². The van der Waals surface area contributed by atoms with Crippen LogP contribution in [0.4, 0.5) is 11.9 Å². The molecular formula is C13H19N7O. The van der Waals surface area contributed by atoms with Crippen molar-refractivity contribution in [3.63, 3.8) is 0 Å². The third kappa shape index (κ3) is 2.94. The summed E-state index contributed by atoms with van der Waals surface area (Å²) in [6, 6.07) is 0. The molecule has 0 radical (unpaired) electrons. The number of anilines is 2. The summed E-state index contributed by atoms with van der Waals surface area (Å²) in [6.07, 6.45) is 10.1. The highest BCUT2D eigenvalue weighted by Gasteiger charge is 2.32. The van der Waals surface area contributed by atoms with E-state index in [1.807, 2.05) is 0 Å². The van der Waals surface area contributed by atoms with Gasteiger partial charge in [0.1, 0.15) is 6.33 Å². The summed E-state index contributed by atoms with van der Waals surface area (Å²) in [5.74, 6) is 0.939. The van der Waals surface area contributed by atoms with Crippen LogP contribution in [0.1, 0.15) is 32.1 Å². The maximum Gasteiger partial charge on any atom is 0.241 e. The number of aliphatic hydroxyl groups is 1. The molecule has 0 bridgehead atoms. The molecular weight excluding hydrogens is 270 g/mol. The fraction of sp³-hybridized carbons (Fsp3) is 0.538. The van der Waals surface area contributed by atoms with Gasteiger partial charge in [0.15, 0.2) is 0 Å². The second-order valence-corrected chi connectivity index (χ2v) is 5.41. The topological polar surface area (TPSA) is 115 Å². The van der Waals surface area contributed by atoms with E-state index in [9.17, 15) is 5.11 Å². The first-order valence-corrected chi connectivity index (χ1v) is 7.10. The lowest BCUT2D eigenvalue weighted by Crippen LogP contribution is -2.44. The summed E-state index contributed by atoms with van der Waals surface area (Å²) in [7, 11) is 0. The predicted molar refractivity (Wildman–Crippen MR) is 77.9 cm³/mol. The Morgan fingerprint density at radius 3 is 2.71 bits per heavy atom. The summed E-state index contributed by atoms with van der Waals surface area (Å²) in [6.45, 7) is 0.0546. The van der Waals surface area contributed by atoms with Crippen molar-refractivity contribution in [1.29, 1.82) is 0 Å². The second kappa shape index (κ2) is 5.65. The molecule has 0 spiro atoms. The Morgan fingerprint density at radius 1 is 1.24 bits per heavy atom. The molecule has 4 N–H and O–H groups in total. The van der Waals surface area contributed by atoms with Crippen LogP contribution >= 0.6 is 0 Å². The number of nitrogens with zero attached hydrogens (tertiary/aromatic N) is 5. The Bertz CT molecular complexity index is 593. The van der Waals surface area contributed by atoms with E-state index in [0.717, 1.165) is 25.7 Å². The molecule has 8 nitrogen and oxygen atoms in total. The summed E-state index contributed by atoms with van der Waals surface area (Å²) >= 11 is 0. The van der Waals surface area contributed by atoms with Crippen LogP contribution in [-0.2, 0) is 0 Å².